The Bertz CT molecular complexity index is 990. The van der Waals surface area contributed by atoms with E-state index in [9.17, 15) is 14.4 Å². The molecule has 0 saturated carbocycles. The van der Waals surface area contributed by atoms with Gasteiger partial charge in [0.1, 0.15) is 0 Å². The second-order valence-corrected chi connectivity index (χ2v) is 10.8. The van der Waals surface area contributed by atoms with Crippen molar-refractivity contribution in [2.24, 2.45) is 0 Å². The number of hydrogen-bond acceptors (Lipinski definition) is 12. The maximum atomic E-state index is 11.7. The average molecular weight is 631 g/mol. The van der Waals surface area contributed by atoms with Gasteiger partial charge in [-0.25, -0.2) is 14.4 Å². The molecule has 12 heteroatoms. The summed E-state index contributed by atoms with van der Waals surface area (Å²) in [6.45, 7) is 27.0. The Morgan fingerprint density at radius 3 is 0.956 bits per heavy atom. The minimum absolute atomic E-state index is 0.327. The van der Waals surface area contributed by atoms with Crippen LogP contribution >= 0.6 is 0 Å². The fourth-order valence-electron chi connectivity index (χ4n) is 4.04. The van der Waals surface area contributed by atoms with E-state index in [1.807, 2.05) is 0 Å². The zero-order valence-electron chi connectivity index (χ0n) is 28.4. The highest BCUT2D eigenvalue weighted by Gasteiger charge is 2.19. The molecule has 0 aliphatic heterocycles. The molecule has 0 aliphatic rings. The largest absolute Gasteiger partial charge is 0.462 e. The number of hydrogen-bond donors (Lipinski definition) is 0. The van der Waals surface area contributed by atoms with E-state index in [1.165, 1.54) is 0 Å². The molecule has 0 spiro atoms. The van der Waals surface area contributed by atoms with Gasteiger partial charge >= 0.3 is 17.9 Å². The first-order valence-corrected chi connectivity index (χ1v) is 15.9. The average Bonchev–Trinajstić information content (AvgIpc) is 3.01. The zero-order valence-corrected chi connectivity index (χ0v) is 28.4. The SMILES string of the molecule is C=C(C)C(=O)OCCCCN(CC)c1nc(N(CC)CCCCOC(=O)C(=C)C)nc(N(CC)CCCCOC(=O)C(=C)C)n1. The third-order valence-corrected chi connectivity index (χ3v) is 6.81. The molecular weight excluding hydrogens is 576 g/mol. The van der Waals surface area contributed by atoms with Crippen LogP contribution in [0, 0.1) is 0 Å². The fraction of sp³-hybridized carbons (Fsp3) is 0.636. The lowest BCUT2D eigenvalue weighted by molar-refractivity contribution is -0.139. The quantitative estimate of drug-likeness (QED) is 0.0656. The molecule has 0 unspecified atom stereocenters. The molecule has 0 aliphatic carbocycles. The van der Waals surface area contributed by atoms with Crippen LogP contribution < -0.4 is 14.7 Å². The van der Waals surface area contributed by atoms with Crippen LogP contribution in [0.3, 0.4) is 0 Å². The summed E-state index contributed by atoms with van der Waals surface area (Å²) < 4.78 is 15.7. The number of esters is 3. The van der Waals surface area contributed by atoms with E-state index in [2.05, 4.69) is 55.2 Å². The van der Waals surface area contributed by atoms with Crippen LogP contribution in [-0.4, -0.2) is 91.9 Å². The first-order valence-electron chi connectivity index (χ1n) is 15.9. The number of carbonyl (C=O) groups excluding carboxylic acids is 3. The molecule has 0 bridgehead atoms. The van der Waals surface area contributed by atoms with Gasteiger partial charge in [0.15, 0.2) is 0 Å². The van der Waals surface area contributed by atoms with Crippen LogP contribution in [-0.2, 0) is 28.6 Å². The van der Waals surface area contributed by atoms with Crippen molar-refractivity contribution < 1.29 is 28.6 Å². The minimum atomic E-state index is -0.378. The van der Waals surface area contributed by atoms with Crippen LogP contribution in [0.4, 0.5) is 17.8 Å². The highest BCUT2D eigenvalue weighted by molar-refractivity contribution is 5.87. The van der Waals surface area contributed by atoms with Crippen LogP contribution in [0.15, 0.2) is 36.5 Å². The van der Waals surface area contributed by atoms with Crippen molar-refractivity contribution in [1.82, 2.24) is 15.0 Å². The summed E-state index contributed by atoms with van der Waals surface area (Å²) in [7, 11) is 0. The summed E-state index contributed by atoms with van der Waals surface area (Å²) >= 11 is 0. The topological polar surface area (TPSA) is 127 Å². The van der Waals surface area contributed by atoms with Gasteiger partial charge in [-0.2, -0.15) is 15.0 Å². The summed E-state index contributed by atoms with van der Waals surface area (Å²) in [5.41, 5.74) is 1.16. The van der Waals surface area contributed by atoms with E-state index in [1.54, 1.807) is 20.8 Å². The first-order chi connectivity index (χ1) is 21.4. The molecule has 0 atom stereocenters. The molecule has 1 aromatic rings. The molecule has 12 nitrogen and oxygen atoms in total. The second-order valence-electron chi connectivity index (χ2n) is 10.8. The molecule has 0 amide bonds. The van der Waals surface area contributed by atoms with Crippen LogP contribution in [0.25, 0.3) is 0 Å². The van der Waals surface area contributed by atoms with E-state index in [-0.39, 0.29) is 17.9 Å². The number of aromatic nitrogens is 3. The number of nitrogens with zero attached hydrogens (tertiary/aromatic N) is 6. The molecule has 45 heavy (non-hydrogen) atoms. The second kappa shape index (κ2) is 21.7. The van der Waals surface area contributed by atoms with Crippen LogP contribution in [0.2, 0.25) is 0 Å². The van der Waals surface area contributed by atoms with Gasteiger partial charge < -0.3 is 28.9 Å². The third-order valence-electron chi connectivity index (χ3n) is 6.81. The molecule has 1 heterocycles. The van der Waals surface area contributed by atoms with Gasteiger partial charge in [0.25, 0.3) is 0 Å². The van der Waals surface area contributed by atoms with E-state index in [0.29, 0.717) is 113 Å². The standard InChI is InChI=1S/C33H54N6O6/c1-10-37(19-13-16-22-43-28(40)25(4)5)31-34-32(38(11-2)20-14-17-23-44-29(41)26(6)7)36-33(35-31)39(12-3)21-15-18-24-45-30(42)27(8)9/h4,6,8,10-24H2,1-3,5,7,9H3. The first kappa shape index (κ1) is 39.1. The summed E-state index contributed by atoms with van der Waals surface area (Å²) in [5.74, 6) is 0.612. The number of anilines is 3. The Balaban J connectivity index is 3.07. The molecule has 0 radical (unpaired) electrons. The van der Waals surface area contributed by atoms with Crippen molar-refractivity contribution in [3.63, 3.8) is 0 Å². The predicted octanol–water partition coefficient (Wildman–Crippen LogP) is 5.05. The highest BCUT2D eigenvalue weighted by atomic mass is 16.5. The van der Waals surface area contributed by atoms with E-state index in [4.69, 9.17) is 29.2 Å². The fourth-order valence-corrected chi connectivity index (χ4v) is 4.04. The van der Waals surface area contributed by atoms with Gasteiger partial charge in [-0.3, -0.25) is 0 Å². The van der Waals surface area contributed by atoms with Crippen molar-refractivity contribution in [1.29, 1.82) is 0 Å². The Kier molecular flexibility index (Phi) is 18.8. The van der Waals surface area contributed by atoms with Gasteiger partial charge in [0, 0.05) is 56.0 Å². The summed E-state index contributed by atoms with van der Waals surface area (Å²) in [6, 6.07) is 0. The normalized spacial score (nSPS) is 10.5. The Morgan fingerprint density at radius 1 is 0.511 bits per heavy atom. The number of ether oxygens (including phenoxy) is 3. The smallest absolute Gasteiger partial charge is 0.333 e. The number of unbranched alkanes of at least 4 members (excludes halogenated alkanes) is 3. The number of carbonyl (C=O) groups is 3. The van der Waals surface area contributed by atoms with Crippen LogP contribution in [0.1, 0.15) is 80.1 Å². The van der Waals surface area contributed by atoms with E-state index in [0.717, 1.165) is 19.3 Å². The van der Waals surface area contributed by atoms with Gasteiger partial charge in [-0.05, 0) is 80.1 Å². The van der Waals surface area contributed by atoms with Crippen molar-refractivity contribution in [3.8, 4) is 0 Å². The molecule has 0 saturated heterocycles. The maximum Gasteiger partial charge on any atom is 0.333 e. The molecule has 0 fully saturated rings. The van der Waals surface area contributed by atoms with Gasteiger partial charge in [0.05, 0.1) is 19.8 Å². The minimum Gasteiger partial charge on any atom is -0.462 e. The van der Waals surface area contributed by atoms with E-state index < -0.39 is 0 Å². The van der Waals surface area contributed by atoms with Crippen molar-refractivity contribution in [2.45, 2.75) is 80.1 Å². The highest BCUT2D eigenvalue weighted by Crippen LogP contribution is 2.21. The lowest BCUT2D eigenvalue weighted by atomic mass is 10.3. The van der Waals surface area contributed by atoms with Gasteiger partial charge in [-0.1, -0.05) is 19.7 Å². The molecular formula is C33H54N6O6. The number of rotatable bonds is 24. The summed E-state index contributed by atoms with van der Waals surface area (Å²) in [6.07, 6.45) is 4.47. The lowest BCUT2D eigenvalue weighted by Gasteiger charge is -2.28. The zero-order chi connectivity index (χ0) is 33.8. The van der Waals surface area contributed by atoms with Gasteiger partial charge in [0.2, 0.25) is 17.8 Å². The Hall–Kier alpha value is -3.96. The molecule has 0 N–H and O–H groups in total. The van der Waals surface area contributed by atoms with Crippen molar-refractivity contribution in [2.75, 3.05) is 73.8 Å². The van der Waals surface area contributed by atoms with Crippen molar-refractivity contribution >= 4 is 35.8 Å². The predicted molar refractivity (Wildman–Crippen MR) is 179 cm³/mol. The molecule has 1 rings (SSSR count). The summed E-state index contributed by atoms with van der Waals surface area (Å²) in [5, 5.41) is 0. The summed E-state index contributed by atoms with van der Waals surface area (Å²) in [4.78, 5) is 56.0. The Labute approximate surface area is 269 Å². The molecule has 0 aromatic carbocycles. The van der Waals surface area contributed by atoms with Crippen LogP contribution in [0.5, 0.6) is 0 Å². The lowest BCUT2D eigenvalue weighted by Crippen LogP contribution is -2.33. The monoisotopic (exact) mass is 630 g/mol. The van der Waals surface area contributed by atoms with Crippen molar-refractivity contribution in [3.05, 3.63) is 36.5 Å². The maximum absolute atomic E-state index is 11.7. The molecule has 1 aromatic heterocycles. The Morgan fingerprint density at radius 2 is 0.756 bits per heavy atom. The van der Waals surface area contributed by atoms with Gasteiger partial charge in [-0.15, -0.1) is 0 Å². The molecule has 252 valence electrons. The third kappa shape index (κ3) is 15.1. The van der Waals surface area contributed by atoms with E-state index >= 15 is 0 Å².